The van der Waals surface area contributed by atoms with Gasteiger partial charge in [0.05, 0.1) is 14.2 Å². The lowest BCUT2D eigenvalue weighted by Crippen LogP contribution is -2.30. The maximum atomic E-state index is 12.2. The van der Waals surface area contributed by atoms with E-state index in [9.17, 15) is 4.79 Å². The van der Waals surface area contributed by atoms with Crippen LogP contribution in [0.4, 0.5) is 11.4 Å². The van der Waals surface area contributed by atoms with Crippen molar-refractivity contribution in [3.05, 3.63) is 54.1 Å². The van der Waals surface area contributed by atoms with E-state index in [1.54, 1.807) is 20.3 Å². The zero-order chi connectivity index (χ0) is 19.8. The summed E-state index contributed by atoms with van der Waals surface area (Å²) in [7, 11) is 3.17. The molecule has 0 saturated carbocycles. The average molecular weight is 368 g/mol. The van der Waals surface area contributed by atoms with E-state index in [0.29, 0.717) is 17.5 Å². The summed E-state index contributed by atoms with van der Waals surface area (Å²) in [5, 5.41) is 2.88. The van der Waals surface area contributed by atoms with Gasteiger partial charge in [0.15, 0.2) is 11.5 Å². The Hall–Kier alpha value is -2.95. The predicted molar refractivity (Wildman–Crippen MR) is 112 cm³/mol. The molecule has 0 spiro atoms. The van der Waals surface area contributed by atoms with Crippen LogP contribution in [-0.2, 0) is 4.79 Å². The number of anilines is 2. The van der Waals surface area contributed by atoms with E-state index in [2.05, 4.69) is 31.0 Å². The molecule has 1 N–H and O–H groups in total. The molecular weight excluding hydrogens is 340 g/mol. The van der Waals surface area contributed by atoms with Crippen molar-refractivity contribution in [1.82, 2.24) is 0 Å². The van der Waals surface area contributed by atoms with Crippen LogP contribution in [0.15, 0.2) is 48.5 Å². The van der Waals surface area contributed by atoms with Crippen LogP contribution < -0.4 is 19.7 Å². The Bertz CT molecular complexity index is 783. The molecule has 2 aromatic carbocycles. The van der Waals surface area contributed by atoms with E-state index in [4.69, 9.17) is 9.47 Å². The topological polar surface area (TPSA) is 50.8 Å². The van der Waals surface area contributed by atoms with Gasteiger partial charge >= 0.3 is 0 Å². The molecule has 0 unspecified atom stereocenters. The van der Waals surface area contributed by atoms with E-state index in [1.807, 2.05) is 42.5 Å². The normalized spacial score (nSPS) is 10.9. The molecule has 27 heavy (non-hydrogen) atoms. The number of nitrogens with one attached hydrogen (secondary N) is 1. The monoisotopic (exact) mass is 368 g/mol. The minimum Gasteiger partial charge on any atom is -0.493 e. The Labute approximate surface area is 161 Å². The van der Waals surface area contributed by atoms with E-state index in [1.165, 1.54) is 6.08 Å². The summed E-state index contributed by atoms with van der Waals surface area (Å²) in [6.07, 6.45) is 3.24. The highest BCUT2D eigenvalue weighted by atomic mass is 16.5. The Morgan fingerprint density at radius 2 is 1.74 bits per heavy atom. The van der Waals surface area contributed by atoms with Crippen molar-refractivity contribution >= 4 is 23.4 Å². The number of nitrogens with zero attached hydrogens (tertiary/aromatic N) is 1. The summed E-state index contributed by atoms with van der Waals surface area (Å²) in [6, 6.07) is 13.8. The maximum Gasteiger partial charge on any atom is 0.248 e. The number of amides is 1. The fourth-order valence-corrected chi connectivity index (χ4v) is 2.89. The third-order valence-electron chi connectivity index (χ3n) is 4.27. The quantitative estimate of drug-likeness (QED) is 0.693. The van der Waals surface area contributed by atoms with Gasteiger partial charge in [0, 0.05) is 30.0 Å². The predicted octanol–water partition coefficient (Wildman–Crippen LogP) is 4.59. The smallest absolute Gasteiger partial charge is 0.248 e. The second-order valence-corrected chi connectivity index (χ2v) is 6.36. The zero-order valence-corrected chi connectivity index (χ0v) is 16.7. The van der Waals surface area contributed by atoms with E-state index < -0.39 is 0 Å². The molecule has 0 heterocycles. The highest BCUT2D eigenvalue weighted by Crippen LogP contribution is 2.28. The molecule has 2 aromatic rings. The summed E-state index contributed by atoms with van der Waals surface area (Å²) in [5.41, 5.74) is 2.76. The number of benzene rings is 2. The molecule has 0 aliphatic rings. The van der Waals surface area contributed by atoms with Crippen molar-refractivity contribution in [2.24, 2.45) is 0 Å². The molecule has 0 radical (unpaired) electrons. The summed E-state index contributed by atoms with van der Waals surface area (Å²) < 4.78 is 10.5. The third kappa shape index (κ3) is 5.51. The molecule has 0 fully saturated rings. The van der Waals surface area contributed by atoms with Gasteiger partial charge in [-0.15, -0.1) is 0 Å². The molecule has 0 saturated heterocycles. The van der Waals surface area contributed by atoms with Crippen molar-refractivity contribution in [2.45, 2.75) is 26.8 Å². The molecule has 0 aliphatic carbocycles. The Kier molecular flexibility index (Phi) is 7.29. The van der Waals surface area contributed by atoms with Crippen molar-refractivity contribution in [3.63, 3.8) is 0 Å². The van der Waals surface area contributed by atoms with Crippen molar-refractivity contribution in [3.8, 4) is 11.5 Å². The molecule has 0 aromatic heterocycles. The molecular formula is C22H28N2O3. The van der Waals surface area contributed by atoms with Crippen LogP contribution in [0.5, 0.6) is 11.5 Å². The minimum atomic E-state index is -0.186. The van der Waals surface area contributed by atoms with Crippen LogP contribution >= 0.6 is 0 Å². The second kappa shape index (κ2) is 9.67. The number of hydrogen-bond acceptors (Lipinski definition) is 4. The SMILES string of the molecule is CCN(c1ccc(NC(=O)/C=C/c2ccc(OC)c(OC)c2)cc1)C(C)C. The Morgan fingerprint density at radius 3 is 2.30 bits per heavy atom. The summed E-state index contributed by atoms with van der Waals surface area (Å²) in [4.78, 5) is 14.5. The van der Waals surface area contributed by atoms with E-state index in [0.717, 1.165) is 23.5 Å². The summed E-state index contributed by atoms with van der Waals surface area (Å²) in [5.74, 6) is 1.09. The Balaban J connectivity index is 2.02. The van der Waals surface area contributed by atoms with Crippen LogP contribution in [0, 0.1) is 0 Å². The molecule has 144 valence electrons. The number of carbonyl (C=O) groups excluding carboxylic acids is 1. The number of rotatable bonds is 8. The fraction of sp³-hybridized carbons (Fsp3) is 0.318. The van der Waals surface area contributed by atoms with Crippen LogP contribution in [0.2, 0.25) is 0 Å². The van der Waals surface area contributed by atoms with Crippen molar-refractivity contribution in [2.75, 3.05) is 31.0 Å². The molecule has 0 bridgehead atoms. The first-order valence-electron chi connectivity index (χ1n) is 9.06. The standard InChI is InChI=1S/C22H28N2O3/c1-6-24(16(2)3)19-11-9-18(10-12-19)23-22(25)14-8-17-7-13-20(26-4)21(15-17)27-5/h7-16H,6H2,1-5H3,(H,23,25)/b14-8+. The first-order valence-corrected chi connectivity index (χ1v) is 9.06. The number of methoxy groups -OCH3 is 2. The maximum absolute atomic E-state index is 12.2. The number of carbonyl (C=O) groups is 1. The highest BCUT2D eigenvalue weighted by Gasteiger charge is 2.08. The van der Waals surface area contributed by atoms with E-state index in [-0.39, 0.29) is 5.91 Å². The highest BCUT2D eigenvalue weighted by molar-refractivity contribution is 6.02. The summed E-state index contributed by atoms with van der Waals surface area (Å²) >= 11 is 0. The zero-order valence-electron chi connectivity index (χ0n) is 16.7. The lowest BCUT2D eigenvalue weighted by atomic mass is 10.2. The molecule has 5 nitrogen and oxygen atoms in total. The fourth-order valence-electron chi connectivity index (χ4n) is 2.89. The van der Waals surface area contributed by atoms with Crippen molar-refractivity contribution in [1.29, 1.82) is 0 Å². The average Bonchev–Trinajstić information content (AvgIpc) is 2.67. The lowest BCUT2D eigenvalue weighted by Gasteiger charge is -2.27. The molecule has 0 aliphatic heterocycles. The van der Waals surface area contributed by atoms with Crippen molar-refractivity contribution < 1.29 is 14.3 Å². The van der Waals surface area contributed by atoms with Gasteiger partial charge in [0.2, 0.25) is 5.91 Å². The number of ether oxygens (including phenoxy) is 2. The second-order valence-electron chi connectivity index (χ2n) is 6.36. The van der Waals surface area contributed by atoms with Gasteiger partial charge in [-0.3, -0.25) is 4.79 Å². The molecule has 2 rings (SSSR count). The van der Waals surface area contributed by atoms with Gasteiger partial charge in [-0.1, -0.05) is 6.07 Å². The Morgan fingerprint density at radius 1 is 1.07 bits per heavy atom. The molecule has 0 atom stereocenters. The first-order chi connectivity index (χ1) is 13.0. The minimum absolute atomic E-state index is 0.186. The van der Waals surface area contributed by atoms with E-state index >= 15 is 0 Å². The third-order valence-corrected chi connectivity index (χ3v) is 4.27. The summed E-state index contributed by atoms with van der Waals surface area (Å²) in [6.45, 7) is 7.41. The number of hydrogen-bond donors (Lipinski definition) is 1. The van der Waals surface area contributed by atoms with Gasteiger partial charge in [-0.25, -0.2) is 0 Å². The van der Waals surface area contributed by atoms with Gasteiger partial charge in [0.1, 0.15) is 0 Å². The van der Waals surface area contributed by atoms with Gasteiger partial charge in [-0.2, -0.15) is 0 Å². The lowest BCUT2D eigenvalue weighted by molar-refractivity contribution is -0.111. The van der Waals surface area contributed by atoms with Crippen LogP contribution in [0.25, 0.3) is 6.08 Å². The van der Waals surface area contributed by atoms with Gasteiger partial charge in [-0.05, 0) is 68.8 Å². The van der Waals surface area contributed by atoms with Crippen LogP contribution in [0.3, 0.4) is 0 Å². The largest absolute Gasteiger partial charge is 0.493 e. The van der Waals surface area contributed by atoms with Crippen LogP contribution in [-0.4, -0.2) is 32.7 Å². The molecule has 1 amide bonds. The molecule has 5 heteroatoms. The van der Waals surface area contributed by atoms with Gasteiger partial charge in [0.25, 0.3) is 0 Å². The van der Waals surface area contributed by atoms with Gasteiger partial charge < -0.3 is 19.7 Å². The first kappa shape index (κ1) is 20.4. The van der Waals surface area contributed by atoms with Crippen LogP contribution in [0.1, 0.15) is 26.3 Å².